The number of rotatable bonds is 9. The summed E-state index contributed by atoms with van der Waals surface area (Å²) in [5.41, 5.74) is -0.488. The SMILES string of the molecule is CCCN(CCN=C(NCC)NC(C)COC)C(=O)OC(C)(C)C. The van der Waals surface area contributed by atoms with E-state index in [-0.39, 0.29) is 12.1 Å². The van der Waals surface area contributed by atoms with E-state index < -0.39 is 5.60 Å². The van der Waals surface area contributed by atoms with E-state index in [0.29, 0.717) is 26.2 Å². The molecule has 1 amide bonds. The Bertz CT molecular complexity index is 381. The summed E-state index contributed by atoms with van der Waals surface area (Å²) >= 11 is 0. The van der Waals surface area contributed by atoms with Crippen molar-refractivity contribution in [2.75, 3.05) is 39.9 Å². The highest BCUT2D eigenvalue weighted by Gasteiger charge is 2.21. The topological polar surface area (TPSA) is 75.2 Å². The summed E-state index contributed by atoms with van der Waals surface area (Å²) in [5.74, 6) is 0.725. The number of hydrogen-bond acceptors (Lipinski definition) is 4. The van der Waals surface area contributed by atoms with Crippen molar-refractivity contribution in [1.82, 2.24) is 15.5 Å². The second-order valence-corrected chi connectivity index (χ2v) is 6.73. The maximum absolute atomic E-state index is 12.2. The third-order valence-electron chi connectivity index (χ3n) is 2.93. The first-order valence-corrected chi connectivity index (χ1v) is 8.75. The molecule has 24 heavy (non-hydrogen) atoms. The second kappa shape index (κ2) is 11.9. The third kappa shape index (κ3) is 11.1. The Morgan fingerprint density at radius 3 is 2.42 bits per heavy atom. The molecule has 0 spiro atoms. The molecule has 0 aromatic rings. The molecule has 2 N–H and O–H groups in total. The fourth-order valence-electron chi connectivity index (χ4n) is 2.02. The number of nitrogens with one attached hydrogen (secondary N) is 2. The Hall–Kier alpha value is -1.50. The predicted molar refractivity (Wildman–Crippen MR) is 98.6 cm³/mol. The molecule has 0 aliphatic carbocycles. The number of methoxy groups -OCH3 is 1. The van der Waals surface area contributed by atoms with Crippen LogP contribution in [0.15, 0.2) is 4.99 Å². The van der Waals surface area contributed by atoms with Crippen molar-refractivity contribution in [2.45, 2.75) is 59.6 Å². The maximum Gasteiger partial charge on any atom is 0.410 e. The molecule has 1 atom stereocenters. The number of nitrogens with zero attached hydrogens (tertiary/aromatic N) is 2. The van der Waals surface area contributed by atoms with Crippen LogP contribution in [0.4, 0.5) is 4.79 Å². The first kappa shape index (κ1) is 22.5. The Balaban J connectivity index is 4.64. The Kier molecular flexibility index (Phi) is 11.2. The molecule has 7 heteroatoms. The molecule has 0 rings (SSSR count). The van der Waals surface area contributed by atoms with Gasteiger partial charge in [-0.2, -0.15) is 0 Å². The Labute approximate surface area is 147 Å². The molecule has 0 aromatic carbocycles. The van der Waals surface area contributed by atoms with Gasteiger partial charge in [0.05, 0.1) is 13.2 Å². The number of hydrogen-bond donors (Lipinski definition) is 2. The summed E-state index contributed by atoms with van der Waals surface area (Å²) in [5, 5.41) is 6.46. The van der Waals surface area contributed by atoms with E-state index in [0.717, 1.165) is 18.9 Å². The fourth-order valence-corrected chi connectivity index (χ4v) is 2.02. The van der Waals surface area contributed by atoms with Crippen LogP contribution in [0.5, 0.6) is 0 Å². The van der Waals surface area contributed by atoms with Gasteiger partial charge in [0, 0.05) is 32.8 Å². The van der Waals surface area contributed by atoms with Gasteiger partial charge in [0.1, 0.15) is 5.60 Å². The first-order valence-electron chi connectivity index (χ1n) is 8.75. The summed E-state index contributed by atoms with van der Waals surface area (Å²) in [7, 11) is 1.67. The van der Waals surface area contributed by atoms with Crippen LogP contribution in [-0.4, -0.2) is 68.5 Å². The molecular formula is C17H36N4O3. The average molecular weight is 345 g/mol. The number of carbonyl (C=O) groups excluding carboxylic acids is 1. The van der Waals surface area contributed by atoms with Crippen molar-refractivity contribution in [2.24, 2.45) is 4.99 Å². The minimum atomic E-state index is -0.488. The molecule has 0 bridgehead atoms. The molecule has 1 unspecified atom stereocenters. The number of amides is 1. The molecule has 142 valence electrons. The van der Waals surface area contributed by atoms with E-state index in [2.05, 4.69) is 15.6 Å². The van der Waals surface area contributed by atoms with Gasteiger partial charge in [-0.25, -0.2) is 4.79 Å². The molecular weight excluding hydrogens is 308 g/mol. The van der Waals surface area contributed by atoms with E-state index in [9.17, 15) is 4.79 Å². The standard InChI is InChI=1S/C17H36N4O3/c1-8-11-21(16(22)24-17(4,5)6)12-10-19-15(18-9-2)20-14(3)13-23-7/h14H,8-13H2,1-7H3,(H2,18,19,20). The quantitative estimate of drug-likeness (QED) is 0.495. The summed E-state index contributed by atoms with van der Waals surface area (Å²) in [6.45, 7) is 14.8. The zero-order valence-electron chi connectivity index (χ0n) is 16.4. The van der Waals surface area contributed by atoms with Gasteiger partial charge in [0.2, 0.25) is 0 Å². The molecule has 0 fully saturated rings. The van der Waals surface area contributed by atoms with Crippen molar-refractivity contribution in [3.63, 3.8) is 0 Å². The smallest absolute Gasteiger partial charge is 0.410 e. The van der Waals surface area contributed by atoms with Crippen LogP contribution < -0.4 is 10.6 Å². The summed E-state index contributed by atoms with van der Waals surface area (Å²) in [6.07, 6.45) is 0.594. The Morgan fingerprint density at radius 2 is 1.92 bits per heavy atom. The van der Waals surface area contributed by atoms with Crippen molar-refractivity contribution in [3.05, 3.63) is 0 Å². The lowest BCUT2D eigenvalue weighted by atomic mass is 10.2. The molecule has 0 aliphatic heterocycles. The molecule has 0 heterocycles. The first-order chi connectivity index (χ1) is 11.2. The summed E-state index contributed by atoms with van der Waals surface area (Å²) in [6, 6.07) is 0.158. The highest BCUT2D eigenvalue weighted by atomic mass is 16.6. The van der Waals surface area contributed by atoms with Crippen LogP contribution in [-0.2, 0) is 9.47 Å². The zero-order chi connectivity index (χ0) is 18.6. The second-order valence-electron chi connectivity index (χ2n) is 6.73. The van der Waals surface area contributed by atoms with Gasteiger partial charge < -0.3 is 25.0 Å². The lowest BCUT2D eigenvalue weighted by Crippen LogP contribution is -2.44. The van der Waals surface area contributed by atoms with Crippen molar-refractivity contribution >= 4 is 12.1 Å². The largest absolute Gasteiger partial charge is 0.444 e. The molecule has 0 aliphatic rings. The zero-order valence-corrected chi connectivity index (χ0v) is 16.4. The van der Waals surface area contributed by atoms with Gasteiger partial charge in [0.15, 0.2) is 5.96 Å². The maximum atomic E-state index is 12.2. The van der Waals surface area contributed by atoms with Gasteiger partial charge in [0.25, 0.3) is 0 Å². The highest BCUT2D eigenvalue weighted by molar-refractivity contribution is 5.80. The van der Waals surface area contributed by atoms with Gasteiger partial charge in [-0.1, -0.05) is 6.92 Å². The number of guanidine groups is 1. The van der Waals surface area contributed by atoms with Gasteiger partial charge in [-0.3, -0.25) is 4.99 Å². The van der Waals surface area contributed by atoms with E-state index in [1.807, 2.05) is 41.5 Å². The monoisotopic (exact) mass is 344 g/mol. The van der Waals surface area contributed by atoms with Crippen LogP contribution in [0.1, 0.15) is 48.0 Å². The highest BCUT2D eigenvalue weighted by Crippen LogP contribution is 2.10. The molecule has 0 aromatic heterocycles. The van der Waals surface area contributed by atoms with E-state index in [4.69, 9.17) is 9.47 Å². The van der Waals surface area contributed by atoms with E-state index >= 15 is 0 Å². The van der Waals surface area contributed by atoms with Gasteiger partial charge in [-0.15, -0.1) is 0 Å². The number of ether oxygens (including phenoxy) is 2. The fraction of sp³-hybridized carbons (Fsp3) is 0.882. The lowest BCUT2D eigenvalue weighted by Gasteiger charge is -2.27. The third-order valence-corrected chi connectivity index (χ3v) is 2.93. The number of aliphatic imine (C=N–C) groups is 1. The van der Waals surface area contributed by atoms with Crippen LogP contribution >= 0.6 is 0 Å². The normalized spacial score (nSPS) is 13.4. The van der Waals surface area contributed by atoms with Gasteiger partial charge >= 0.3 is 6.09 Å². The van der Waals surface area contributed by atoms with Crippen LogP contribution in [0.25, 0.3) is 0 Å². The van der Waals surface area contributed by atoms with Crippen LogP contribution in [0.2, 0.25) is 0 Å². The molecule has 0 radical (unpaired) electrons. The van der Waals surface area contributed by atoms with E-state index in [1.165, 1.54) is 0 Å². The van der Waals surface area contributed by atoms with Crippen LogP contribution in [0, 0.1) is 0 Å². The van der Waals surface area contributed by atoms with Crippen molar-refractivity contribution in [1.29, 1.82) is 0 Å². The molecule has 7 nitrogen and oxygen atoms in total. The molecule has 0 saturated heterocycles. The van der Waals surface area contributed by atoms with Crippen molar-refractivity contribution in [3.8, 4) is 0 Å². The average Bonchev–Trinajstić information content (AvgIpc) is 2.44. The lowest BCUT2D eigenvalue weighted by molar-refractivity contribution is 0.0256. The minimum absolute atomic E-state index is 0.158. The van der Waals surface area contributed by atoms with Gasteiger partial charge in [-0.05, 0) is 41.0 Å². The summed E-state index contributed by atoms with van der Waals surface area (Å²) in [4.78, 5) is 18.5. The van der Waals surface area contributed by atoms with Crippen LogP contribution in [0.3, 0.4) is 0 Å². The van der Waals surface area contributed by atoms with Crippen molar-refractivity contribution < 1.29 is 14.3 Å². The molecule has 0 saturated carbocycles. The minimum Gasteiger partial charge on any atom is -0.444 e. The number of carbonyl (C=O) groups is 1. The summed E-state index contributed by atoms with van der Waals surface area (Å²) < 4.78 is 10.6. The predicted octanol–water partition coefficient (Wildman–Crippen LogP) is 2.22. The Morgan fingerprint density at radius 1 is 1.25 bits per heavy atom. The van der Waals surface area contributed by atoms with E-state index in [1.54, 1.807) is 12.0 Å².